The minimum Gasteiger partial charge on any atom is -0.488 e. The molecule has 4 aromatic heterocycles. The Bertz CT molecular complexity index is 2310. The molecule has 0 aromatic carbocycles. The summed E-state index contributed by atoms with van der Waals surface area (Å²) in [5, 5.41) is 15.4. The fraction of sp³-hybridized carbons (Fsp3) is 0.524. The summed E-state index contributed by atoms with van der Waals surface area (Å²) in [6.07, 6.45) is 7.24. The molecule has 0 radical (unpaired) electrons. The maximum atomic E-state index is 13.6. The molecular weight excluding hydrogens is 780 g/mol. The van der Waals surface area contributed by atoms with E-state index in [0.29, 0.717) is 18.5 Å². The van der Waals surface area contributed by atoms with Gasteiger partial charge >= 0.3 is 12.2 Å². The molecule has 60 heavy (non-hydrogen) atoms. The number of carbonyl (C=O) groups excluding carboxylic acids is 3. The summed E-state index contributed by atoms with van der Waals surface area (Å²) < 4.78 is 48.9. The molecule has 4 fully saturated rings. The first-order valence-corrected chi connectivity index (χ1v) is 20.4. The van der Waals surface area contributed by atoms with Crippen LogP contribution in [-0.2, 0) is 11.0 Å². The van der Waals surface area contributed by atoms with E-state index in [1.54, 1.807) is 23.5 Å². The minimum atomic E-state index is -4.76. The Balaban J connectivity index is 0.804. The Kier molecular flexibility index (Phi) is 10.7. The maximum Gasteiger partial charge on any atom is 0.419 e. The largest absolute Gasteiger partial charge is 0.488 e. The second kappa shape index (κ2) is 15.6. The second-order valence-corrected chi connectivity index (χ2v) is 17.5. The number of carbonyl (C=O) groups is 3. The van der Waals surface area contributed by atoms with Crippen molar-refractivity contribution in [1.82, 2.24) is 40.0 Å². The number of likely N-dealkylation sites (tertiary alicyclic amines) is 1. The molecule has 3 saturated heterocycles. The number of imide groups is 1. The highest BCUT2D eigenvalue weighted by Gasteiger charge is 2.64. The number of amides is 4. The lowest BCUT2D eigenvalue weighted by Crippen LogP contribution is -2.74. The van der Waals surface area contributed by atoms with Gasteiger partial charge in [-0.25, -0.2) is 24.7 Å². The summed E-state index contributed by atoms with van der Waals surface area (Å²) in [4.78, 5) is 61.2. The van der Waals surface area contributed by atoms with Gasteiger partial charge < -0.3 is 24.4 Å². The Morgan fingerprint density at radius 1 is 0.967 bits per heavy atom. The predicted molar refractivity (Wildman–Crippen MR) is 214 cm³/mol. The molecule has 1 saturated carbocycles. The van der Waals surface area contributed by atoms with E-state index in [4.69, 9.17) is 10.00 Å². The van der Waals surface area contributed by atoms with Crippen molar-refractivity contribution in [3.05, 3.63) is 66.3 Å². The van der Waals surface area contributed by atoms with Crippen molar-refractivity contribution in [2.24, 2.45) is 16.7 Å². The van der Waals surface area contributed by atoms with Gasteiger partial charge in [0.1, 0.15) is 23.6 Å². The van der Waals surface area contributed by atoms with E-state index in [9.17, 15) is 27.6 Å². The van der Waals surface area contributed by atoms with Crippen LogP contribution in [0, 0.1) is 28.1 Å². The van der Waals surface area contributed by atoms with Gasteiger partial charge in [0.05, 0.1) is 35.5 Å². The van der Waals surface area contributed by atoms with Crippen LogP contribution in [0.15, 0.2) is 49.2 Å². The molecule has 4 amide bonds. The van der Waals surface area contributed by atoms with E-state index >= 15 is 0 Å². The summed E-state index contributed by atoms with van der Waals surface area (Å²) in [6, 6.07) is 5.60. The van der Waals surface area contributed by atoms with Crippen molar-refractivity contribution >= 4 is 40.3 Å². The third kappa shape index (κ3) is 7.70. The van der Waals surface area contributed by atoms with Crippen LogP contribution in [0.4, 0.5) is 29.3 Å². The number of pyridine rings is 2. The number of urea groups is 1. The van der Waals surface area contributed by atoms with Crippen LogP contribution in [0.1, 0.15) is 87.7 Å². The molecule has 0 atom stereocenters. The van der Waals surface area contributed by atoms with E-state index in [-0.39, 0.29) is 23.9 Å². The number of nitrogens with zero attached hydrogens (tertiary/aromatic N) is 9. The van der Waals surface area contributed by atoms with E-state index < -0.39 is 52.3 Å². The van der Waals surface area contributed by atoms with Crippen LogP contribution in [0.2, 0.25) is 0 Å². The molecule has 18 heteroatoms. The van der Waals surface area contributed by atoms with Gasteiger partial charge in [-0.05, 0) is 49.8 Å². The predicted octanol–water partition coefficient (Wildman–Crippen LogP) is 5.72. The number of nitrogens with one attached hydrogen (secondary N) is 2. The van der Waals surface area contributed by atoms with E-state index in [1.807, 2.05) is 39.8 Å². The van der Waals surface area contributed by atoms with Crippen molar-refractivity contribution in [2.75, 3.05) is 49.1 Å². The van der Waals surface area contributed by atoms with Crippen LogP contribution in [0.25, 0.3) is 11.0 Å². The number of hydrogen-bond acceptors (Lipinski definition) is 11. The first-order valence-electron chi connectivity index (χ1n) is 20.4. The molecule has 2 N–H and O–H groups in total. The Morgan fingerprint density at radius 2 is 1.67 bits per heavy atom. The van der Waals surface area contributed by atoms with Crippen LogP contribution in [0.3, 0.4) is 0 Å². The molecule has 0 spiro atoms. The van der Waals surface area contributed by atoms with Crippen molar-refractivity contribution in [3.8, 4) is 11.8 Å². The number of ether oxygens (including phenoxy) is 1. The van der Waals surface area contributed by atoms with Crippen molar-refractivity contribution in [3.63, 3.8) is 0 Å². The SMILES string of the molecule is CC1(C)[C@H](NC(=O)c2ncc(N3CCC(CN4CCC(n5ccc6c(N7CCC(=O)NC7=O)ccnc65)CC4)CC3)cn2)C(C)(C)[C@H]1Oc1cnc(C#N)c(C(F)(F)F)c1. The summed E-state index contributed by atoms with van der Waals surface area (Å²) in [7, 11) is 0. The Morgan fingerprint density at radius 3 is 2.32 bits per heavy atom. The molecule has 316 valence electrons. The summed E-state index contributed by atoms with van der Waals surface area (Å²) >= 11 is 0. The maximum absolute atomic E-state index is 13.6. The standard InChI is InChI=1S/C42H48F3N11O4/c1-40(2)37(41(3,4)38(40)60-28-19-30(42(43,44)45)31(20-46)48-23-28)52-36(58)34-49-21-27(22-50-34)54-15-6-25(7-16-54)24-53-13-8-26(9-14-53)55-17-10-29-32(5-12-47-35(29)55)56-18-11-33(57)51-39(56)59/h5,10,12,17,19,21-23,25-26,37-38H,6-9,11,13-16,18,24H2,1-4H3,(H,52,58)(H,51,57,59)/t37-,38-. The van der Waals surface area contributed by atoms with Gasteiger partial charge in [0.2, 0.25) is 11.7 Å². The molecule has 4 aromatic rings. The average molecular weight is 828 g/mol. The minimum absolute atomic E-state index is 0.0235. The van der Waals surface area contributed by atoms with Crippen molar-refractivity contribution in [1.29, 1.82) is 5.26 Å². The number of anilines is 2. The number of hydrogen-bond donors (Lipinski definition) is 2. The topological polar surface area (TPSA) is 174 Å². The Labute approximate surface area is 345 Å². The summed E-state index contributed by atoms with van der Waals surface area (Å²) in [5.74, 6) is -0.236. The first-order chi connectivity index (χ1) is 28.5. The number of alkyl halides is 3. The fourth-order valence-electron chi connectivity index (χ4n) is 10.0. The number of nitriles is 1. The lowest BCUT2D eigenvalue weighted by molar-refractivity contribution is -0.165. The zero-order valence-corrected chi connectivity index (χ0v) is 34.0. The van der Waals surface area contributed by atoms with Gasteiger partial charge in [0, 0.05) is 86.4 Å². The Hall–Kier alpha value is -5.83. The highest BCUT2D eigenvalue weighted by Crippen LogP contribution is 2.55. The summed E-state index contributed by atoms with van der Waals surface area (Å²) in [5.41, 5.74) is -0.776. The average Bonchev–Trinajstić information content (AvgIpc) is 3.67. The zero-order valence-electron chi connectivity index (χ0n) is 34.0. The molecule has 7 heterocycles. The zero-order chi connectivity index (χ0) is 42.6. The number of piperidine rings is 2. The number of halogens is 3. The van der Waals surface area contributed by atoms with Crippen LogP contribution in [0.5, 0.6) is 5.75 Å². The third-order valence-electron chi connectivity index (χ3n) is 12.9. The highest BCUT2D eigenvalue weighted by atomic mass is 19.4. The van der Waals surface area contributed by atoms with Gasteiger partial charge in [0.25, 0.3) is 5.91 Å². The molecule has 8 rings (SSSR count). The quantitative estimate of drug-likeness (QED) is 0.211. The second-order valence-electron chi connectivity index (χ2n) is 17.5. The molecule has 15 nitrogen and oxygen atoms in total. The van der Waals surface area contributed by atoms with Crippen LogP contribution < -0.4 is 25.2 Å². The van der Waals surface area contributed by atoms with Crippen LogP contribution in [-0.4, -0.2) is 98.7 Å². The molecule has 0 unspecified atom stereocenters. The van der Waals surface area contributed by atoms with Crippen LogP contribution >= 0.6 is 0 Å². The van der Waals surface area contributed by atoms with E-state index in [0.717, 1.165) is 93.1 Å². The van der Waals surface area contributed by atoms with Gasteiger partial charge in [-0.2, -0.15) is 18.4 Å². The lowest BCUT2D eigenvalue weighted by atomic mass is 9.49. The number of fused-ring (bicyclic) bond motifs is 1. The van der Waals surface area contributed by atoms with E-state index in [2.05, 4.69) is 51.1 Å². The number of rotatable bonds is 9. The van der Waals surface area contributed by atoms with Crippen molar-refractivity contribution in [2.45, 2.75) is 84.2 Å². The monoisotopic (exact) mass is 827 g/mol. The third-order valence-corrected chi connectivity index (χ3v) is 12.9. The molecule has 1 aliphatic carbocycles. The number of aromatic nitrogens is 5. The van der Waals surface area contributed by atoms with Gasteiger partial charge in [-0.1, -0.05) is 27.7 Å². The van der Waals surface area contributed by atoms with Gasteiger partial charge in [0.15, 0.2) is 5.69 Å². The molecule has 3 aliphatic heterocycles. The lowest BCUT2D eigenvalue weighted by Gasteiger charge is -2.62. The van der Waals surface area contributed by atoms with E-state index in [1.165, 1.54) is 6.07 Å². The van der Waals surface area contributed by atoms with Crippen molar-refractivity contribution < 1.29 is 32.3 Å². The highest BCUT2D eigenvalue weighted by molar-refractivity contribution is 6.09. The molecule has 0 bridgehead atoms. The normalized spacial score (nSPS) is 22.6. The summed E-state index contributed by atoms with van der Waals surface area (Å²) in [6.45, 7) is 12.5. The fourth-order valence-corrected chi connectivity index (χ4v) is 10.0. The molecule has 4 aliphatic rings. The molecular formula is C42H48F3N11O4. The first kappa shape index (κ1) is 40.9. The smallest absolute Gasteiger partial charge is 0.419 e. The van der Waals surface area contributed by atoms with Gasteiger partial charge in [-0.15, -0.1) is 0 Å². The van der Waals surface area contributed by atoms with Gasteiger partial charge in [-0.3, -0.25) is 19.8 Å².